The van der Waals surface area contributed by atoms with Crippen molar-refractivity contribution in [1.82, 2.24) is 9.78 Å². The summed E-state index contributed by atoms with van der Waals surface area (Å²) in [5.74, 6) is 0. The highest BCUT2D eigenvalue weighted by Gasteiger charge is 2.05. The monoisotopic (exact) mass is 306 g/mol. The Morgan fingerprint density at radius 2 is 1.70 bits per heavy atom. The Morgan fingerprint density at radius 3 is 2.35 bits per heavy atom. The molecule has 0 aliphatic heterocycles. The maximum atomic E-state index is 12.1. The van der Waals surface area contributed by atoms with E-state index in [0.717, 1.165) is 28.3 Å². The molecule has 5 heteroatoms. The lowest BCUT2D eigenvalue weighted by Crippen LogP contribution is -2.19. The van der Waals surface area contributed by atoms with Crippen LogP contribution in [0.1, 0.15) is 11.3 Å². The lowest BCUT2D eigenvalue weighted by Gasteiger charge is -2.10. The minimum Gasteiger partial charge on any atom is -0.308 e. The summed E-state index contributed by atoms with van der Waals surface area (Å²) < 4.78 is 1.80. The van der Waals surface area contributed by atoms with Crippen molar-refractivity contribution in [3.05, 3.63) is 72.1 Å². The third-order valence-corrected chi connectivity index (χ3v) is 3.51. The third-order valence-electron chi connectivity index (χ3n) is 3.51. The number of para-hydroxylation sites is 1. The summed E-state index contributed by atoms with van der Waals surface area (Å²) in [6, 6.07) is 16.9. The minimum atomic E-state index is -0.262. The number of hydrogen-bond donors (Lipinski definition) is 2. The maximum Gasteiger partial charge on any atom is 0.323 e. The van der Waals surface area contributed by atoms with Crippen LogP contribution in [-0.2, 0) is 0 Å². The van der Waals surface area contributed by atoms with Crippen LogP contribution in [0.5, 0.6) is 0 Å². The predicted molar refractivity (Wildman–Crippen MR) is 92.1 cm³/mol. The fourth-order valence-electron chi connectivity index (χ4n) is 2.25. The van der Waals surface area contributed by atoms with Gasteiger partial charge in [0, 0.05) is 17.6 Å². The first kappa shape index (κ1) is 14.8. The number of carbonyl (C=O) groups excluding carboxylic acids is 1. The van der Waals surface area contributed by atoms with E-state index in [0.29, 0.717) is 0 Å². The molecular weight excluding hydrogens is 288 g/mol. The Kier molecular flexibility index (Phi) is 4.10. The highest BCUT2D eigenvalue weighted by Crippen LogP contribution is 2.16. The molecule has 0 saturated carbocycles. The van der Waals surface area contributed by atoms with Gasteiger partial charge in [0.1, 0.15) is 0 Å². The molecule has 1 heterocycles. The van der Waals surface area contributed by atoms with Crippen LogP contribution >= 0.6 is 0 Å². The van der Waals surface area contributed by atoms with Crippen LogP contribution in [0.25, 0.3) is 5.69 Å². The Hall–Kier alpha value is -3.08. The number of aromatic nitrogens is 2. The molecule has 0 aliphatic rings. The number of anilines is 2. The molecule has 0 atom stereocenters. The largest absolute Gasteiger partial charge is 0.323 e. The third kappa shape index (κ3) is 3.58. The van der Waals surface area contributed by atoms with Gasteiger partial charge in [-0.3, -0.25) is 0 Å². The van der Waals surface area contributed by atoms with Gasteiger partial charge in [0.05, 0.1) is 11.4 Å². The van der Waals surface area contributed by atoms with Gasteiger partial charge in [-0.2, -0.15) is 5.10 Å². The summed E-state index contributed by atoms with van der Waals surface area (Å²) in [5.41, 5.74) is 4.46. The molecule has 3 aromatic rings. The van der Waals surface area contributed by atoms with Crippen LogP contribution in [0, 0.1) is 13.8 Å². The number of amides is 2. The molecule has 0 unspecified atom stereocenters. The van der Waals surface area contributed by atoms with Crippen molar-refractivity contribution in [3.8, 4) is 5.69 Å². The molecule has 23 heavy (non-hydrogen) atoms. The van der Waals surface area contributed by atoms with Crippen molar-refractivity contribution < 1.29 is 4.79 Å². The molecule has 5 nitrogen and oxygen atoms in total. The van der Waals surface area contributed by atoms with E-state index in [4.69, 9.17) is 0 Å². The Labute approximate surface area is 135 Å². The van der Waals surface area contributed by atoms with E-state index in [1.165, 1.54) is 0 Å². The van der Waals surface area contributed by atoms with Gasteiger partial charge >= 0.3 is 6.03 Å². The number of carbonyl (C=O) groups is 1. The van der Waals surface area contributed by atoms with Gasteiger partial charge < -0.3 is 10.6 Å². The van der Waals surface area contributed by atoms with Gasteiger partial charge in [0.15, 0.2) is 0 Å². The van der Waals surface area contributed by atoms with Crippen LogP contribution in [0.2, 0.25) is 0 Å². The van der Waals surface area contributed by atoms with Crippen LogP contribution in [0.4, 0.5) is 16.2 Å². The molecule has 3 rings (SSSR count). The van der Waals surface area contributed by atoms with Crippen molar-refractivity contribution in [2.24, 2.45) is 0 Å². The molecule has 116 valence electrons. The van der Waals surface area contributed by atoms with E-state index in [-0.39, 0.29) is 6.03 Å². The minimum absolute atomic E-state index is 0.262. The van der Waals surface area contributed by atoms with Crippen molar-refractivity contribution in [2.75, 3.05) is 10.6 Å². The molecule has 0 radical (unpaired) electrons. The van der Waals surface area contributed by atoms with Crippen LogP contribution in [-0.4, -0.2) is 15.8 Å². The Balaban J connectivity index is 1.66. The number of nitrogens with zero attached hydrogens (tertiary/aromatic N) is 2. The van der Waals surface area contributed by atoms with Crippen LogP contribution in [0.15, 0.2) is 60.8 Å². The highest BCUT2D eigenvalue weighted by atomic mass is 16.2. The zero-order chi connectivity index (χ0) is 16.2. The summed E-state index contributed by atoms with van der Waals surface area (Å²) in [5, 5.41) is 10.0. The van der Waals surface area contributed by atoms with Gasteiger partial charge in [0.25, 0.3) is 0 Å². The molecule has 0 fully saturated rings. The number of nitrogens with one attached hydrogen (secondary N) is 2. The fraction of sp³-hybridized carbons (Fsp3) is 0.111. The topological polar surface area (TPSA) is 59.0 Å². The van der Waals surface area contributed by atoms with E-state index in [2.05, 4.69) is 15.7 Å². The summed E-state index contributed by atoms with van der Waals surface area (Å²) >= 11 is 0. The number of hydrogen-bond acceptors (Lipinski definition) is 2. The summed E-state index contributed by atoms with van der Waals surface area (Å²) in [6.45, 7) is 3.90. The number of benzene rings is 2. The second-order valence-corrected chi connectivity index (χ2v) is 5.34. The number of aryl methyl sites for hydroxylation is 2. The van der Waals surface area contributed by atoms with Gasteiger partial charge in [-0.25, -0.2) is 9.48 Å². The van der Waals surface area contributed by atoms with E-state index < -0.39 is 0 Å². The normalized spacial score (nSPS) is 10.3. The predicted octanol–water partition coefficient (Wildman–Crippen LogP) is 4.13. The quantitative estimate of drug-likeness (QED) is 0.764. The van der Waals surface area contributed by atoms with Gasteiger partial charge in [-0.15, -0.1) is 0 Å². The molecular formula is C18H18N4O. The van der Waals surface area contributed by atoms with E-state index >= 15 is 0 Å². The van der Waals surface area contributed by atoms with E-state index in [1.807, 2.05) is 74.6 Å². The first-order valence-electron chi connectivity index (χ1n) is 7.38. The van der Waals surface area contributed by atoms with Crippen LogP contribution in [0.3, 0.4) is 0 Å². The summed E-state index contributed by atoms with van der Waals surface area (Å²) in [6.07, 6.45) is 1.91. The smallest absolute Gasteiger partial charge is 0.308 e. The first-order chi connectivity index (χ1) is 11.1. The standard InChI is InChI=1S/C18H18N4O/c1-13-5-3-4-6-17(13)20-18(23)19-15-7-9-16(10-8-15)22-12-11-14(2)21-22/h3-12H,1-2H3,(H2,19,20,23). The summed E-state index contributed by atoms with van der Waals surface area (Å²) in [7, 11) is 0. The highest BCUT2D eigenvalue weighted by molar-refractivity contribution is 6.00. The average Bonchev–Trinajstić information content (AvgIpc) is 2.97. The van der Waals surface area contributed by atoms with Gasteiger partial charge in [0.2, 0.25) is 0 Å². The molecule has 2 amide bonds. The second kappa shape index (κ2) is 6.36. The van der Waals surface area contributed by atoms with Crippen molar-refractivity contribution in [2.45, 2.75) is 13.8 Å². The first-order valence-corrected chi connectivity index (χ1v) is 7.38. The number of rotatable bonds is 3. The van der Waals surface area contributed by atoms with Crippen LogP contribution < -0.4 is 10.6 Å². The van der Waals surface area contributed by atoms with Crippen molar-refractivity contribution in [3.63, 3.8) is 0 Å². The lowest BCUT2D eigenvalue weighted by atomic mass is 10.2. The van der Waals surface area contributed by atoms with Gasteiger partial charge in [-0.1, -0.05) is 18.2 Å². The second-order valence-electron chi connectivity index (χ2n) is 5.34. The van der Waals surface area contributed by atoms with Gasteiger partial charge in [-0.05, 0) is 55.8 Å². The molecule has 0 bridgehead atoms. The fourth-order valence-corrected chi connectivity index (χ4v) is 2.25. The van der Waals surface area contributed by atoms with E-state index in [1.54, 1.807) is 4.68 Å². The number of urea groups is 1. The van der Waals surface area contributed by atoms with Crippen molar-refractivity contribution >= 4 is 17.4 Å². The lowest BCUT2D eigenvalue weighted by molar-refractivity contribution is 0.262. The maximum absolute atomic E-state index is 12.1. The Bertz CT molecular complexity index is 821. The molecule has 0 saturated heterocycles. The molecule has 1 aromatic heterocycles. The zero-order valence-electron chi connectivity index (χ0n) is 13.1. The zero-order valence-corrected chi connectivity index (χ0v) is 13.1. The molecule has 0 aliphatic carbocycles. The van der Waals surface area contributed by atoms with E-state index in [9.17, 15) is 4.79 Å². The molecule has 2 N–H and O–H groups in total. The molecule has 2 aromatic carbocycles. The molecule has 0 spiro atoms. The van der Waals surface area contributed by atoms with Crippen molar-refractivity contribution in [1.29, 1.82) is 0 Å². The Morgan fingerprint density at radius 1 is 0.957 bits per heavy atom. The average molecular weight is 306 g/mol. The SMILES string of the molecule is Cc1ccn(-c2ccc(NC(=O)Nc3ccccc3C)cc2)n1. The summed E-state index contributed by atoms with van der Waals surface area (Å²) in [4.78, 5) is 12.1.